The summed E-state index contributed by atoms with van der Waals surface area (Å²) in [4.78, 5) is 3.63. The summed E-state index contributed by atoms with van der Waals surface area (Å²) < 4.78 is 12.1. The van der Waals surface area contributed by atoms with Crippen LogP contribution in [-0.2, 0) is 6.67 Å². The Morgan fingerprint density at radius 2 is 2.45 bits per heavy atom. The zero-order chi connectivity index (χ0) is 8.27. The Balaban J connectivity index is 3.19. The molecule has 0 spiro atoms. The van der Waals surface area contributed by atoms with Crippen molar-refractivity contribution in [1.29, 1.82) is 5.26 Å². The molecule has 0 aliphatic carbocycles. The summed E-state index contributed by atoms with van der Waals surface area (Å²) in [6.45, 7) is -0.687. The SMILES string of the molecule is N#Cc1cc(Cl)ncc1CF. The zero-order valence-corrected chi connectivity index (χ0v) is 6.27. The Morgan fingerprint density at radius 3 is 3.00 bits per heavy atom. The Kier molecular flexibility index (Phi) is 2.40. The number of hydrogen-bond donors (Lipinski definition) is 0. The molecule has 0 atom stereocenters. The average Bonchev–Trinajstić information content (AvgIpc) is 2.04. The van der Waals surface area contributed by atoms with Crippen LogP contribution in [0.1, 0.15) is 11.1 Å². The largest absolute Gasteiger partial charge is 0.246 e. The van der Waals surface area contributed by atoms with Crippen LogP contribution < -0.4 is 0 Å². The number of alkyl halides is 1. The molecule has 4 heteroatoms. The van der Waals surface area contributed by atoms with Crippen LogP contribution >= 0.6 is 11.6 Å². The maximum atomic E-state index is 12.1. The van der Waals surface area contributed by atoms with Gasteiger partial charge in [0.2, 0.25) is 0 Å². The number of halogens is 2. The lowest BCUT2D eigenvalue weighted by Crippen LogP contribution is -1.88. The first kappa shape index (κ1) is 7.96. The van der Waals surface area contributed by atoms with Crippen LogP contribution in [0.5, 0.6) is 0 Å². The molecule has 0 bridgehead atoms. The molecule has 1 aromatic rings. The van der Waals surface area contributed by atoms with Crippen molar-refractivity contribution in [2.45, 2.75) is 6.67 Å². The fraction of sp³-hybridized carbons (Fsp3) is 0.143. The number of nitriles is 1. The van der Waals surface area contributed by atoms with E-state index < -0.39 is 6.67 Å². The highest BCUT2D eigenvalue weighted by Crippen LogP contribution is 2.12. The predicted molar refractivity (Wildman–Crippen MR) is 38.8 cm³/mol. The van der Waals surface area contributed by atoms with Gasteiger partial charge in [0.05, 0.1) is 11.6 Å². The highest BCUT2D eigenvalue weighted by molar-refractivity contribution is 6.29. The van der Waals surface area contributed by atoms with E-state index in [1.165, 1.54) is 12.3 Å². The number of pyridine rings is 1. The molecule has 0 saturated carbocycles. The van der Waals surface area contributed by atoms with E-state index in [-0.39, 0.29) is 16.3 Å². The molecule has 1 aromatic heterocycles. The van der Waals surface area contributed by atoms with Gasteiger partial charge < -0.3 is 0 Å². The summed E-state index contributed by atoms with van der Waals surface area (Å²) in [6.07, 6.45) is 1.26. The van der Waals surface area contributed by atoms with Gasteiger partial charge in [-0.15, -0.1) is 0 Å². The monoisotopic (exact) mass is 170 g/mol. The molecule has 0 fully saturated rings. The fourth-order valence-corrected chi connectivity index (χ4v) is 0.827. The molecule has 11 heavy (non-hydrogen) atoms. The summed E-state index contributed by atoms with van der Waals surface area (Å²) >= 11 is 5.47. The van der Waals surface area contributed by atoms with Crippen molar-refractivity contribution in [2.75, 3.05) is 0 Å². The molecule has 0 saturated heterocycles. The van der Waals surface area contributed by atoms with E-state index in [0.29, 0.717) is 0 Å². The molecule has 0 aliphatic rings. The van der Waals surface area contributed by atoms with Crippen molar-refractivity contribution in [3.8, 4) is 6.07 Å². The van der Waals surface area contributed by atoms with Crippen LogP contribution in [0.3, 0.4) is 0 Å². The second-order valence-electron chi connectivity index (χ2n) is 1.91. The minimum absolute atomic E-state index is 0.207. The lowest BCUT2D eigenvalue weighted by Gasteiger charge is -1.96. The molecule has 0 radical (unpaired) electrons. The summed E-state index contributed by atoms with van der Waals surface area (Å²) in [7, 11) is 0. The lowest BCUT2D eigenvalue weighted by atomic mass is 10.2. The van der Waals surface area contributed by atoms with Gasteiger partial charge in [0.15, 0.2) is 0 Å². The number of hydrogen-bond acceptors (Lipinski definition) is 2. The Hall–Kier alpha value is -1.14. The zero-order valence-electron chi connectivity index (χ0n) is 5.51. The molecule has 0 unspecified atom stereocenters. The smallest absolute Gasteiger partial charge is 0.130 e. The molecule has 56 valence electrons. The summed E-state index contributed by atoms with van der Waals surface area (Å²) in [5.41, 5.74) is 0.518. The molecule has 1 rings (SSSR count). The normalized spacial score (nSPS) is 9.18. The summed E-state index contributed by atoms with van der Waals surface area (Å²) in [6, 6.07) is 3.17. The van der Waals surface area contributed by atoms with E-state index in [2.05, 4.69) is 4.98 Å². The summed E-state index contributed by atoms with van der Waals surface area (Å²) in [5.74, 6) is 0. The molecule has 1 heterocycles. The minimum atomic E-state index is -0.687. The Bertz CT molecular complexity index is 306. The van der Waals surface area contributed by atoms with Gasteiger partial charge in [-0.25, -0.2) is 9.37 Å². The van der Waals surface area contributed by atoms with Gasteiger partial charge in [-0.2, -0.15) is 5.26 Å². The van der Waals surface area contributed by atoms with E-state index in [4.69, 9.17) is 16.9 Å². The molecule has 0 aliphatic heterocycles. The van der Waals surface area contributed by atoms with E-state index in [0.717, 1.165) is 0 Å². The van der Waals surface area contributed by atoms with Crippen molar-refractivity contribution < 1.29 is 4.39 Å². The molecule has 2 nitrogen and oxygen atoms in total. The van der Waals surface area contributed by atoms with Gasteiger partial charge in [0.1, 0.15) is 11.8 Å². The van der Waals surface area contributed by atoms with Gasteiger partial charge >= 0.3 is 0 Å². The van der Waals surface area contributed by atoms with Crippen molar-refractivity contribution in [2.24, 2.45) is 0 Å². The highest BCUT2D eigenvalue weighted by Gasteiger charge is 2.01. The van der Waals surface area contributed by atoms with Gasteiger partial charge in [0.25, 0.3) is 0 Å². The number of rotatable bonds is 1. The van der Waals surface area contributed by atoms with Crippen molar-refractivity contribution >= 4 is 11.6 Å². The van der Waals surface area contributed by atoms with Gasteiger partial charge in [-0.1, -0.05) is 11.6 Å². The van der Waals surface area contributed by atoms with Crippen molar-refractivity contribution in [3.05, 3.63) is 28.5 Å². The third-order valence-corrected chi connectivity index (χ3v) is 1.42. The third kappa shape index (κ3) is 1.66. The van der Waals surface area contributed by atoms with Gasteiger partial charge in [-0.3, -0.25) is 0 Å². The van der Waals surface area contributed by atoms with E-state index in [1.807, 2.05) is 6.07 Å². The van der Waals surface area contributed by atoms with E-state index >= 15 is 0 Å². The first-order valence-corrected chi connectivity index (χ1v) is 3.26. The highest BCUT2D eigenvalue weighted by atomic mass is 35.5. The summed E-state index contributed by atoms with van der Waals surface area (Å²) in [5, 5.41) is 8.68. The minimum Gasteiger partial charge on any atom is -0.246 e. The maximum Gasteiger partial charge on any atom is 0.130 e. The molecule has 0 aromatic carbocycles. The van der Waals surface area contributed by atoms with Crippen LogP contribution in [0.2, 0.25) is 5.15 Å². The third-order valence-electron chi connectivity index (χ3n) is 1.22. The van der Waals surface area contributed by atoms with Gasteiger partial charge in [-0.05, 0) is 6.07 Å². The van der Waals surface area contributed by atoms with Crippen LogP contribution in [-0.4, -0.2) is 4.98 Å². The number of aromatic nitrogens is 1. The average molecular weight is 171 g/mol. The second kappa shape index (κ2) is 3.31. The lowest BCUT2D eigenvalue weighted by molar-refractivity contribution is 0.483. The van der Waals surface area contributed by atoms with Crippen LogP contribution in [0.25, 0.3) is 0 Å². The topological polar surface area (TPSA) is 36.7 Å². The first-order chi connectivity index (χ1) is 5.27. The van der Waals surface area contributed by atoms with E-state index in [1.54, 1.807) is 0 Å². The standard InChI is InChI=1S/C7H4ClFN2/c8-7-1-5(3-10)6(2-9)4-11-7/h1,4H,2H2. The van der Waals surface area contributed by atoms with Crippen LogP contribution in [0.15, 0.2) is 12.3 Å². The second-order valence-corrected chi connectivity index (χ2v) is 2.30. The molecular formula is C7H4ClFN2. The Morgan fingerprint density at radius 1 is 1.73 bits per heavy atom. The van der Waals surface area contributed by atoms with Crippen LogP contribution in [0, 0.1) is 11.3 Å². The number of nitrogens with zero attached hydrogens (tertiary/aromatic N) is 2. The van der Waals surface area contributed by atoms with E-state index in [9.17, 15) is 4.39 Å². The van der Waals surface area contributed by atoms with Crippen molar-refractivity contribution in [1.82, 2.24) is 4.98 Å². The quantitative estimate of drug-likeness (QED) is 0.605. The molecular weight excluding hydrogens is 167 g/mol. The Labute approximate surface area is 68.2 Å². The first-order valence-electron chi connectivity index (χ1n) is 2.88. The predicted octanol–water partition coefficient (Wildman–Crippen LogP) is 2.08. The molecule has 0 amide bonds. The van der Waals surface area contributed by atoms with Crippen molar-refractivity contribution in [3.63, 3.8) is 0 Å². The fourth-order valence-electron chi connectivity index (χ4n) is 0.669. The van der Waals surface area contributed by atoms with Gasteiger partial charge in [0, 0.05) is 11.8 Å². The maximum absolute atomic E-state index is 12.1. The molecule has 0 N–H and O–H groups in total. The van der Waals surface area contributed by atoms with Crippen LogP contribution in [0.4, 0.5) is 4.39 Å².